The van der Waals surface area contributed by atoms with Crippen LogP contribution in [-0.2, 0) is 13.1 Å². The topological polar surface area (TPSA) is 74.2 Å². The molecule has 0 aliphatic carbocycles. The van der Waals surface area contributed by atoms with E-state index in [-0.39, 0.29) is 17.7 Å². The summed E-state index contributed by atoms with van der Waals surface area (Å²) in [5, 5.41) is 0.481. The molecule has 0 fully saturated rings. The number of fused-ring (bicyclic) bond motifs is 1. The number of hydrogen-bond acceptors (Lipinski definition) is 4. The Balaban J connectivity index is 2.00. The molecule has 0 saturated heterocycles. The smallest absolute Gasteiger partial charge is 0.282 e. The van der Waals surface area contributed by atoms with E-state index in [0.29, 0.717) is 34.7 Å². The Labute approximate surface area is 191 Å². The Kier molecular flexibility index (Phi) is 6.31. The van der Waals surface area contributed by atoms with Gasteiger partial charge in [-0.2, -0.15) is 4.68 Å². The second kappa shape index (κ2) is 9.48. The van der Waals surface area contributed by atoms with Gasteiger partial charge in [0.1, 0.15) is 0 Å². The van der Waals surface area contributed by atoms with Crippen molar-refractivity contribution in [3.8, 4) is 5.82 Å². The number of rotatable bonds is 7. The van der Waals surface area contributed by atoms with Gasteiger partial charge >= 0.3 is 0 Å². The third kappa shape index (κ3) is 4.25. The highest BCUT2D eigenvalue weighted by Gasteiger charge is 2.20. The highest BCUT2D eigenvalue weighted by molar-refractivity contribution is 5.81. The van der Waals surface area contributed by atoms with Crippen LogP contribution in [0.25, 0.3) is 16.7 Å². The molecule has 0 saturated carbocycles. The quantitative estimate of drug-likeness (QED) is 0.324. The van der Waals surface area contributed by atoms with Gasteiger partial charge in [0.2, 0.25) is 0 Å². The number of allylic oxidation sites excluding steroid dienone is 3. The third-order valence-corrected chi connectivity index (χ3v) is 5.44. The van der Waals surface area contributed by atoms with Crippen molar-refractivity contribution >= 4 is 17.1 Å². The van der Waals surface area contributed by atoms with E-state index in [4.69, 9.17) is 0 Å². The van der Waals surface area contributed by atoms with Crippen molar-refractivity contribution in [2.24, 2.45) is 4.99 Å². The average Bonchev–Trinajstić information content (AvgIpc) is 3.09. The zero-order chi connectivity index (χ0) is 23.4. The van der Waals surface area contributed by atoms with Gasteiger partial charge in [0.05, 0.1) is 29.7 Å². The first-order valence-electron chi connectivity index (χ1n) is 10.7. The van der Waals surface area contributed by atoms with Crippen molar-refractivity contribution in [2.45, 2.75) is 26.9 Å². The molecule has 166 valence electrons. The van der Waals surface area contributed by atoms with Crippen LogP contribution < -0.4 is 11.1 Å². The van der Waals surface area contributed by atoms with Crippen LogP contribution in [-0.4, -0.2) is 25.1 Å². The van der Waals surface area contributed by atoms with Crippen molar-refractivity contribution < 1.29 is 0 Å². The second-order valence-corrected chi connectivity index (χ2v) is 7.54. The molecule has 0 aliphatic rings. The molecule has 0 spiro atoms. The zero-order valence-corrected chi connectivity index (χ0v) is 18.7. The van der Waals surface area contributed by atoms with Crippen molar-refractivity contribution in [1.82, 2.24) is 18.9 Å². The summed E-state index contributed by atoms with van der Waals surface area (Å²) in [6.45, 7) is 7.98. The second-order valence-electron chi connectivity index (χ2n) is 7.54. The van der Waals surface area contributed by atoms with E-state index in [9.17, 15) is 9.59 Å². The summed E-state index contributed by atoms with van der Waals surface area (Å²) in [6, 6.07) is 16.8. The van der Waals surface area contributed by atoms with Crippen molar-refractivity contribution in [3.05, 3.63) is 117 Å². The van der Waals surface area contributed by atoms with Crippen molar-refractivity contribution in [3.63, 3.8) is 0 Å². The third-order valence-electron chi connectivity index (χ3n) is 5.44. The molecule has 7 nitrogen and oxygen atoms in total. The Morgan fingerprint density at radius 1 is 1.12 bits per heavy atom. The van der Waals surface area contributed by atoms with Gasteiger partial charge in [-0.25, -0.2) is 4.98 Å². The summed E-state index contributed by atoms with van der Waals surface area (Å²) in [4.78, 5) is 35.6. The predicted octanol–water partition coefficient (Wildman–Crippen LogP) is 3.87. The molecular weight excluding hydrogens is 414 g/mol. The number of nitrogens with zero attached hydrogens (tertiary/aromatic N) is 5. The summed E-state index contributed by atoms with van der Waals surface area (Å²) in [5.74, 6) is 0.496. The maximum absolute atomic E-state index is 13.7. The predicted molar refractivity (Wildman–Crippen MR) is 132 cm³/mol. The Bertz CT molecular complexity index is 1470. The van der Waals surface area contributed by atoms with Gasteiger partial charge in [-0.3, -0.25) is 19.3 Å². The minimum Gasteiger partial charge on any atom is -0.306 e. The van der Waals surface area contributed by atoms with Gasteiger partial charge in [-0.05, 0) is 37.6 Å². The molecule has 33 heavy (non-hydrogen) atoms. The highest BCUT2D eigenvalue weighted by Crippen LogP contribution is 2.19. The van der Waals surface area contributed by atoms with Crippen LogP contribution >= 0.6 is 0 Å². The minimum atomic E-state index is -0.223. The maximum Gasteiger partial charge on any atom is 0.282 e. The lowest BCUT2D eigenvalue weighted by Crippen LogP contribution is -2.24. The van der Waals surface area contributed by atoms with Gasteiger partial charge in [0.25, 0.3) is 11.1 Å². The normalized spacial score (nSPS) is 12.0. The van der Waals surface area contributed by atoms with Crippen LogP contribution in [0.4, 0.5) is 0 Å². The molecule has 0 atom stereocenters. The lowest BCUT2D eigenvalue weighted by Gasteiger charge is -2.13. The first-order chi connectivity index (χ1) is 16.0. The maximum atomic E-state index is 13.7. The van der Waals surface area contributed by atoms with Crippen LogP contribution in [0.1, 0.15) is 18.2 Å². The van der Waals surface area contributed by atoms with Crippen molar-refractivity contribution in [1.29, 1.82) is 0 Å². The standard InChI is InChI=1S/C26H25N5O2/c1-4-11-21(27-5-2)18-29-19(3)25-22(16-24(29)32)30(17-20-12-7-6-8-13-20)31(26(25)33)23-14-9-10-15-28-23/h4-16H,1,17-18H2,2-3H3/b21-11-,27-5-. The number of hydrogen-bond donors (Lipinski definition) is 0. The van der Waals surface area contributed by atoms with E-state index < -0.39 is 0 Å². The number of aliphatic imine (C=N–C) groups is 1. The SMILES string of the molecule is C=C/C=C(Cn1c(C)c2c(=O)n(-c3ccccn3)n(Cc3ccccc3)c2cc1=O)\N=C/C. The molecule has 0 aliphatic heterocycles. The van der Waals surface area contributed by atoms with Crippen LogP contribution in [0, 0.1) is 6.92 Å². The number of aryl methyl sites for hydroxylation is 1. The van der Waals surface area contributed by atoms with E-state index in [0.717, 1.165) is 5.56 Å². The Morgan fingerprint density at radius 2 is 1.88 bits per heavy atom. The van der Waals surface area contributed by atoms with Crippen LogP contribution in [0.2, 0.25) is 0 Å². The lowest BCUT2D eigenvalue weighted by atomic mass is 10.2. The number of benzene rings is 1. The van der Waals surface area contributed by atoms with E-state index in [2.05, 4.69) is 16.6 Å². The van der Waals surface area contributed by atoms with Gasteiger partial charge in [-0.1, -0.05) is 49.1 Å². The molecule has 0 unspecified atom stereocenters. The largest absolute Gasteiger partial charge is 0.306 e. The van der Waals surface area contributed by atoms with Crippen LogP contribution in [0.15, 0.2) is 99.8 Å². The minimum absolute atomic E-state index is 0.207. The van der Waals surface area contributed by atoms with Gasteiger partial charge in [-0.15, -0.1) is 0 Å². The molecule has 0 amide bonds. The first-order valence-corrected chi connectivity index (χ1v) is 10.7. The first kappa shape index (κ1) is 22.0. The fourth-order valence-corrected chi connectivity index (χ4v) is 3.96. The molecule has 0 N–H and O–H groups in total. The monoisotopic (exact) mass is 439 g/mol. The fourth-order valence-electron chi connectivity index (χ4n) is 3.96. The molecule has 1 aromatic carbocycles. The molecule has 4 aromatic rings. The summed E-state index contributed by atoms with van der Waals surface area (Å²) in [6.07, 6.45) is 6.69. The molecule has 0 radical (unpaired) electrons. The van der Waals surface area contributed by atoms with E-state index in [1.807, 2.05) is 48.0 Å². The summed E-state index contributed by atoms with van der Waals surface area (Å²) < 4.78 is 4.93. The highest BCUT2D eigenvalue weighted by atomic mass is 16.1. The molecule has 3 heterocycles. The Hall–Kier alpha value is -4.26. The average molecular weight is 440 g/mol. The molecule has 3 aromatic heterocycles. The molecule has 7 heteroatoms. The van der Waals surface area contributed by atoms with Crippen LogP contribution in [0.5, 0.6) is 0 Å². The molecular formula is C26H25N5O2. The van der Waals surface area contributed by atoms with E-state index in [1.54, 1.807) is 52.9 Å². The van der Waals surface area contributed by atoms with Crippen molar-refractivity contribution in [2.75, 3.05) is 0 Å². The van der Waals surface area contributed by atoms with Gasteiger partial charge < -0.3 is 4.57 Å². The number of aromatic nitrogens is 4. The summed E-state index contributed by atoms with van der Waals surface area (Å²) in [7, 11) is 0. The lowest BCUT2D eigenvalue weighted by molar-refractivity contribution is 0.602. The van der Waals surface area contributed by atoms with Gasteiger partial charge in [0, 0.05) is 24.2 Å². The molecule has 0 bridgehead atoms. The van der Waals surface area contributed by atoms with Gasteiger partial charge in [0.15, 0.2) is 5.82 Å². The fraction of sp³-hybridized carbons (Fsp3) is 0.154. The van der Waals surface area contributed by atoms with Crippen LogP contribution in [0.3, 0.4) is 0 Å². The zero-order valence-electron chi connectivity index (χ0n) is 18.7. The summed E-state index contributed by atoms with van der Waals surface area (Å²) >= 11 is 0. The summed E-state index contributed by atoms with van der Waals surface area (Å²) in [5.41, 5.74) is 2.40. The Morgan fingerprint density at radius 3 is 2.55 bits per heavy atom. The molecule has 4 rings (SSSR count). The number of pyridine rings is 2. The van der Waals surface area contributed by atoms with E-state index >= 15 is 0 Å². The van der Waals surface area contributed by atoms with E-state index in [1.165, 1.54) is 6.07 Å².